The number of rotatable bonds is 11. The normalized spacial score (nSPS) is 13.1. The summed E-state index contributed by atoms with van der Waals surface area (Å²) < 4.78 is 182. The zero-order chi connectivity index (χ0) is 93.0. The number of nitrogens with one attached hydrogen (secondary N) is 2. The molecule has 4 aromatic heterocycles. The van der Waals surface area contributed by atoms with Crippen molar-refractivity contribution in [1.29, 1.82) is 0 Å². The van der Waals surface area contributed by atoms with Crippen molar-refractivity contribution >= 4 is 122 Å². The van der Waals surface area contributed by atoms with Crippen LogP contribution in [-0.4, -0.2) is 89.9 Å². The Morgan fingerprint density at radius 3 is 1.17 bits per heavy atom. The number of para-hydroxylation sites is 2. The van der Waals surface area contributed by atoms with Crippen molar-refractivity contribution in [3.05, 3.63) is 352 Å². The Kier molecular flexibility index (Phi) is 61.5. The number of H-pyrrole nitrogens is 2. The van der Waals surface area contributed by atoms with E-state index in [1.807, 2.05) is 109 Å². The largest absolute Gasteiger partial charge is 4.00 e. The summed E-state index contributed by atoms with van der Waals surface area (Å²) in [6.07, 6.45) is 40.5. The van der Waals surface area contributed by atoms with Crippen molar-refractivity contribution in [2.24, 2.45) is 5.16 Å². The number of aromatic amines is 2. The van der Waals surface area contributed by atoms with Crippen molar-refractivity contribution in [2.75, 3.05) is 39.2 Å². The number of nitrogens with zero attached hydrogens (tertiary/aromatic N) is 7. The van der Waals surface area contributed by atoms with Crippen LogP contribution in [0.2, 0.25) is 0 Å². The molecular weight excluding hydrogens is 1990 g/mol. The molecular formula is C97H101Cl6F14N9O4S2Ti2. The van der Waals surface area contributed by atoms with E-state index in [0.29, 0.717) is 40.8 Å². The number of hydrogen-bond acceptors (Lipinski definition) is 10. The van der Waals surface area contributed by atoms with Gasteiger partial charge in [-0.15, -0.1) is 60.3 Å². The molecule has 4 saturated carbocycles. The van der Waals surface area contributed by atoms with Gasteiger partial charge >= 0.3 is 49.4 Å². The van der Waals surface area contributed by atoms with Crippen LogP contribution in [0.5, 0.6) is 0 Å². The number of oxime groups is 1. The fourth-order valence-electron chi connectivity index (χ4n) is 12.0. The molecule has 0 radical (unpaired) electrons. The molecule has 1 saturated heterocycles. The van der Waals surface area contributed by atoms with Crippen LogP contribution in [0, 0.1) is 140 Å². The summed E-state index contributed by atoms with van der Waals surface area (Å²) in [6.45, 7) is 6.37. The average molecular weight is 2100 g/mol. The number of amidine groups is 1. The van der Waals surface area contributed by atoms with Gasteiger partial charge in [0.2, 0.25) is 14.2 Å². The number of benzene rings is 8. The number of fused-ring (bicyclic) bond motifs is 1. The summed E-state index contributed by atoms with van der Waals surface area (Å²) in [7, 11) is 0. The first-order valence-corrected chi connectivity index (χ1v) is 44.2. The Bertz CT molecular complexity index is 5090. The summed E-state index contributed by atoms with van der Waals surface area (Å²) in [5.74, 6) is -22.6. The van der Waals surface area contributed by atoms with E-state index in [4.69, 9.17) is 96.1 Å². The molecule has 5 aliphatic rings. The number of thioether (sulfide) groups is 1. The van der Waals surface area contributed by atoms with Crippen molar-refractivity contribution in [1.82, 2.24) is 39.0 Å². The average Bonchev–Trinajstić information content (AvgIpc) is 0.872. The maximum Gasteiger partial charge on any atom is 4.00 e. The molecule has 0 amide bonds. The van der Waals surface area contributed by atoms with E-state index in [1.54, 1.807) is 88.2 Å². The fourth-order valence-corrected chi connectivity index (χ4v) is 13.2. The van der Waals surface area contributed by atoms with E-state index in [1.165, 1.54) is 158 Å². The van der Waals surface area contributed by atoms with Crippen LogP contribution in [-0.2, 0) is 76.7 Å². The smallest absolute Gasteiger partial charge is 0.458 e. The van der Waals surface area contributed by atoms with E-state index in [2.05, 4.69) is 41.6 Å². The van der Waals surface area contributed by atoms with Gasteiger partial charge in [-0.3, -0.25) is 17.6 Å². The Balaban J connectivity index is 0.000000768. The number of carbonyl (C=O) groups is 1. The number of hydrogen-bond donors (Lipinski definition) is 2. The quantitative estimate of drug-likeness (QED) is 0.0105. The van der Waals surface area contributed by atoms with Crippen LogP contribution in [0.1, 0.15) is 157 Å². The maximum atomic E-state index is 13.1. The Labute approximate surface area is 844 Å². The summed E-state index contributed by atoms with van der Waals surface area (Å²) in [6, 6.07) is 50.9. The summed E-state index contributed by atoms with van der Waals surface area (Å²) >= 11 is 41.3. The molecule has 5 heterocycles. The maximum absolute atomic E-state index is 13.1. The number of alkyl halides is 6. The van der Waals surface area contributed by atoms with Crippen molar-refractivity contribution < 1.29 is 124 Å². The molecule has 718 valence electrons. The molecule has 2 N–H and O–H groups in total. The van der Waals surface area contributed by atoms with Gasteiger partial charge in [-0.05, 0) is 114 Å². The third-order valence-electron chi connectivity index (χ3n) is 18.6. The monoisotopic (exact) mass is 2090 g/mol. The molecule has 37 heteroatoms. The molecule has 0 atom stereocenters. The molecule has 8 aromatic carbocycles. The third kappa shape index (κ3) is 44.2. The van der Waals surface area contributed by atoms with Crippen molar-refractivity contribution in [3.63, 3.8) is 0 Å². The second-order valence-electron chi connectivity index (χ2n) is 28.1. The molecule has 134 heavy (non-hydrogen) atoms. The van der Waals surface area contributed by atoms with Crippen LogP contribution < -0.4 is 0 Å². The minimum atomic E-state index is -2.17. The topological polar surface area (TPSA) is 140 Å². The number of ether oxygens (including phenoxy) is 2. The van der Waals surface area contributed by atoms with Crippen LogP contribution in [0.15, 0.2) is 193 Å². The Morgan fingerprint density at radius 2 is 0.836 bits per heavy atom. The second kappa shape index (κ2) is 66.5. The van der Waals surface area contributed by atoms with Gasteiger partial charge in [0.05, 0.1) is 82.4 Å². The van der Waals surface area contributed by atoms with E-state index in [-0.39, 0.29) is 104 Å². The molecule has 13 nitrogen and oxygen atoms in total. The van der Waals surface area contributed by atoms with Crippen molar-refractivity contribution in [2.45, 2.75) is 148 Å². The number of imidazole rings is 1. The van der Waals surface area contributed by atoms with Crippen LogP contribution >= 0.6 is 93.6 Å². The van der Waals surface area contributed by atoms with E-state index in [0.717, 1.165) is 52.9 Å². The van der Waals surface area contributed by atoms with E-state index >= 15 is 0 Å². The molecule has 1 aliphatic heterocycles. The molecule has 0 spiro atoms. The summed E-state index contributed by atoms with van der Waals surface area (Å²) in [4.78, 5) is 38.8. The number of halogens is 20. The zero-order valence-electron chi connectivity index (χ0n) is 74.1. The van der Waals surface area contributed by atoms with Crippen molar-refractivity contribution in [3.8, 4) is 22.8 Å². The zero-order valence-corrected chi connectivity index (χ0v) is 83.3. The predicted molar refractivity (Wildman–Crippen MR) is 504 cm³/mol. The van der Waals surface area contributed by atoms with Crippen LogP contribution in [0.3, 0.4) is 0 Å². The van der Waals surface area contributed by atoms with Gasteiger partial charge in [-0.1, -0.05) is 295 Å². The van der Waals surface area contributed by atoms with Gasteiger partial charge in [0.1, 0.15) is 6.61 Å². The SMILES string of the molecule is C1CCCC1.C1CCCC1.C1CCCC1.C1CCCC1.C=Cc1ccc(COC(=O)CO/N=C(/c2ccc(SC)cc2)N2CCOCC2)cc1.ClC(Cl)(Cl)c1nc(-c2ccccc2)nc(C(Cl)(Cl)Cl)n1.Fc1[c-]c(F)c(-n2cccc2)cc1.Fc1[c-]c(F)c(-n2cccc2)cc1.Fc1[c-]c(F)c(F)c(F)c1F.Fc1[c-]c(F)c(F)c(F)c1F.S=c1[nH]c2ccccc2[nH]1.[CH3-].[CH3-].[CH3-].[CH3-].[Ti+4].[Ti+4]. The van der Waals surface area contributed by atoms with Gasteiger partial charge in [-0.2, -0.15) is 0 Å². The van der Waals surface area contributed by atoms with Gasteiger partial charge in [0, 0.05) is 52.4 Å². The second-order valence-corrected chi connectivity index (χ2v) is 33.9. The first-order chi connectivity index (χ1) is 61.3. The number of carbonyl (C=O) groups excluding carboxylic acids is 1. The molecule has 0 unspecified atom stereocenters. The van der Waals surface area contributed by atoms with E-state index < -0.39 is 95.0 Å². The Hall–Kier alpha value is -8.00. The molecule has 12 aromatic rings. The van der Waals surface area contributed by atoms with Crippen LogP contribution in [0.4, 0.5) is 61.5 Å². The van der Waals surface area contributed by atoms with Gasteiger partial charge < -0.3 is 68.0 Å². The first-order valence-electron chi connectivity index (χ1n) is 40.3. The summed E-state index contributed by atoms with van der Waals surface area (Å²) in [5, 5.41) is 4.26. The predicted octanol–water partition coefficient (Wildman–Crippen LogP) is 30.3. The number of aromatic nitrogens is 7. The molecule has 5 fully saturated rings. The number of esters is 1. The minimum absolute atomic E-state index is 0. The standard InChI is InChI=1S/C23H26N2O4S.C11H5Cl6N3.2C10H6F2N.C7H6N2S.2C6F5.4C5H10.4CH3.2Ti/c1-3-18-4-6-19(7-5-18)16-28-22(26)17-29-24-23(25-12-14-27-15-13-25)20-8-10-21(30-2)11-9-20;12-10(13,14)8-18-7(6-4-2-1-3-5-6)19-9(20-8)11(15,16)17;2*11-8-3-4-10(9(12)7-8)13-5-1-2-6-13;10-7-8-5-3-1-2-4-6(5)9-7;2*7-2-1-3(8)5(10)6(11)4(2)9;4*1-2-4-5-3-1;;;;;;/h3-11H,1,12-17H2,2H3;1-5H;2*1-6H;1-4H,(H2,8,9,10);;;4*1-5H2;4*1H3;;/q;;2*-1;;2*-1;;;;;4*-1;2*+4/b24-23-;;;;;;;;;;;;;;;;. The van der Waals surface area contributed by atoms with Crippen LogP contribution in [0.25, 0.3) is 39.9 Å². The summed E-state index contributed by atoms with van der Waals surface area (Å²) in [5.41, 5.74) is 6.26. The van der Waals surface area contributed by atoms with Gasteiger partial charge in [-0.25, -0.2) is 63.7 Å². The first kappa shape index (κ1) is 124. The Morgan fingerprint density at radius 1 is 0.478 bits per heavy atom. The molecule has 17 rings (SSSR count). The third-order valence-corrected chi connectivity index (χ3v) is 20.6. The van der Waals surface area contributed by atoms with Gasteiger partial charge in [0.15, 0.2) is 28.1 Å². The number of morpholine rings is 1. The fraction of sp³-hybridized carbons (Fsp3) is 0.299. The molecule has 4 aliphatic carbocycles. The van der Waals surface area contributed by atoms with Gasteiger partial charge in [0.25, 0.3) is 0 Å². The molecule has 0 bridgehead atoms. The minimum Gasteiger partial charge on any atom is -0.458 e. The van der Waals surface area contributed by atoms with E-state index in [9.17, 15) is 66.3 Å².